The first-order valence-corrected chi connectivity index (χ1v) is 12.5. The first-order valence-electron chi connectivity index (χ1n) is 10.9. The summed E-state index contributed by atoms with van der Waals surface area (Å²) in [6.45, 7) is 1.67. The van der Waals surface area contributed by atoms with Crippen LogP contribution >= 0.6 is 23.5 Å². The molecule has 0 N–H and O–H groups in total. The number of hydrogen-bond donors (Lipinski definition) is 0. The molecule has 9 heteroatoms. The van der Waals surface area contributed by atoms with Crippen molar-refractivity contribution in [3.8, 4) is 11.5 Å². The molecule has 1 fully saturated rings. The number of Topliss-reactive ketones (excluding diaryl/α,β-unsaturated/α-hetero) is 1. The summed E-state index contributed by atoms with van der Waals surface area (Å²) in [7, 11) is 0. The molecule has 0 radical (unpaired) electrons. The predicted molar refractivity (Wildman–Crippen MR) is 139 cm³/mol. The van der Waals surface area contributed by atoms with E-state index < -0.39 is 4.33 Å². The van der Waals surface area contributed by atoms with Crippen molar-refractivity contribution in [2.45, 2.75) is 11.3 Å². The number of hydrogen-bond acceptors (Lipinski definition) is 8. The lowest BCUT2D eigenvalue weighted by Crippen LogP contribution is -2.51. The molecule has 1 spiro atoms. The molecular formula is C26H19N3O4S2. The van der Waals surface area contributed by atoms with Crippen LogP contribution in [-0.2, 0) is 9.59 Å². The van der Waals surface area contributed by atoms with E-state index in [9.17, 15) is 9.59 Å². The van der Waals surface area contributed by atoms with E-state index in [1.165, 1.54) is 30.4 Å². The highest BCUT2D eigenvalue weighted by molar-refractivity contribution is 8.29. The first-order chi connectivity index (χ1) is 17.0. The van der Waals surface area contributed by atoms with E-state index in [4.69, 9.17) is 9.47 Å². The number of ketones is 1. The third kappa shape index (κ3) is 3.67. The molecule has 3 aliphatic rings. The quantitative estimate of drug-likeness (QED) is 0.449. The van der Waals surface area contributed by atoms with Gasteiger partial charge in [-0.15, -0.1) is 0 Å². The van der Waals surface area contributed by atoms with Crippen molar-refractivity contribution in [1.29, 1.82) is 0 Å². The minimum atomic E-state index is -1.04. The molecule has 35 heavy (non-hydrogen) atoms. The number of rotatable bonds is 4. The maximum Gasteiger partial charge on any atom is 0.268 e. The zero-order chi connectivity index (χ0) is 24.0. The standard InChI is InChI=1S/C26H19N3O4S2/c1-17(30)24-27-29(20-10-6-3-7-11-20)26(35-24)28(19-8-4-2-5-9-19)25(31)23(34-26)15-18-12-13-21-22(14-18)33-16-32-21/h2-15H,16H2,1H3/b23-15-/t26-/m1/s1. The lowest BCUT2D eigenvalue weighted by atomic mass is 10.2. The minimum Gasteiger partial charge on any atom is -0.454 e. The number of thioether (sulfide) groups is 2. The van der Waals surface area contributed by atoms with Crippen molar-refractivity contribution in [1.82, 2.24) is 0 Å². The number of amides is 1. The molecule has 174 valence electrons. The maximum atomic E-state index is 14.0. The number of hydrazone groups is 1. The fourth-order valence-corrected chi connectivity index (χ4v) is 6.93. The molecule has 1 saturated heterocycles. The molecule has 0 aliphatic carbocycles. The van der Waals surface area contributed by atoms with Gasteiger partial charge in [-0.1, -0.05) is 54.2 Å². The summed E-state index contributed by atoms with van der Waals surface area (Å²) in [5.41, 5.74) is 2.31. The Bertz CT molecular complexity index is 1390. The molecule has 0 unspecified atom stereocenters. The Morgan fingerprint density at radius 1 is 0.943 bits per heavy atom. The van der Waals surface area contributed by atoms with Gasteiger partial charge < -0.3 is 9.47 Å². The summed E-state index contributed by atoms with van der Waals surface area (Å²) in [5, 5.41) is 6.79. The van der Waals surface area contributed by atoms with E-state index in [2.05, 4.69) is 5.10 Å². The van der Waals surface area contributed by atoms with E-state index in [1.54, 1.807) is 9.91 Å². The molecule has 1 atom stereocenters. The minimum absolute atomic E-state index is 0.151. The maximum absolute atomic E-state index is 14.0. The van der Waals surface area contributed by atoms with Crippen LogP contribution in [0.25, 0.3) is 6.08 Å². The van der Waals surface area contributed by atoms with Crippen molar-refractivity contribution < 1.29 is 19.1 Å². The van der Waals surface area contributed by atoms with Crippen LogP contribution < -0.4 is 19.4 Å². The number of carbonyl (C=O) groups excluding carboxylic acids is 2. The largest absolute Gasteiger partial charge is 0.454 e. The summed E-state index contributed by atoms with van der Waals surface area (Å²) in [4.78, 5) is 28.6. The SMILES string of the molecule is CC(=O)C1=NN(c2ccccc2)[C@@]2(S1)S/C(=C\c1ccc3c(c1)OCO3)C(=O)N2c1ccccc1. The molecule has 6 rings (SSSR count). The van der Waals surface area contributed by atoms with Gasteiger partial charge in [-0.05, 0) is 59.8 Å². The predicted octanol–water partition coefficient (Wildman–Crippen LogP) is 5.30. The highest BCUT2D eigenvalue weighted by Crippen LogP contribution is 2.59. The lowest BCUT2D eigenvalue weighted by molar-refractivity contribution is -0.114. The Balaban J connectivity index is 1.49. The van der Waals surface area contributed by atoms with E-state index in [0.717, 1.165) is 11.3 Å². The van der Waals surface area contributed by atoms with Gasteiger partial charge in [0, 0.05) is 12.6 Å². The van der Waals surface area contributed by atoms with Crippen LogP contribution in [0.3, 0.4) is 0 Å². The smallest absolute Gasteiger partial charge is 0.268 e. The van der Waals surface area contributed by atoms with Gasteiger partial charge in [-0.2, -0.15) is 5.10 Å². The Hall–Kier alpha value is -3.69. The Morgan fingerprint density at radius 3 is 2.34 bits per heavy atom. The van der Waals surface area contributed by atoms with Gasteiger partial charge in [-0.25, -0.2) is 5.01 Å². The number of nitrogens with zero attached hydrogens (tertiary/aromatic N) is 3. The topological polar surface area (TPSA) is 71.4 Å². The molecular weight excluding hydrogens is 482 g/mol. The lowest BCUT2D eigenvalue weighted by Gasteiger charge is -2.38. The zero-order valence-corrected chi connectivity index (χ0v) is 20.2. The summed E-state index contributed by atoms with van der Waals surface area (Å²) in [6.07, 6.45) is 1.84. The Labute approximate surface area is 210 Å². The fraction of sp³-hybridized carbons (Fsp3) is 0.115. The number of benzene rings is 3. The number of fused-ring (bicyclic) bond motifs is 1. The molecule has 0 aromatic heterocycles. The Kier molecular flexibility index (Phi) is 5.31. The zero-order valence-electron chi connectivity index (χ0n) is 18.6. The molecule has 3 aromatic rings. The van der Waals surface area contributed by atoms with Crippen molar-refractivity contribution in [2.24, 2.45) is 5.10 Å². The van der Waals surface area contributed by atoms with Crippen molar-refractivity contribution in [2.75, 3.05) is 16.7 Å². The van der Waals surface area contributed by atoms with E-state index in [1.807, 2.05) is 84.9 Å². The monoisotopic (exact) mass is 501 g/mol. The summed E-state index contributed by atoms with van der Waals surface area (Å²) >= 11 is 2.65. The third-order valence-corrected chi connectivity index (χ3v) is 8.46. The fourth-order valence-electron chi connectivity index (χ4n) is 4.05. The van der Waals surface area contributed by atoms with Crippen molar-refractivity contribution >= 4 is 57.7 Å². The Morgan fingerprint density at radius 2 is 1.63 bits per heavy atom. The van der Waals surface area contributed by atoms with Crippen LogP contribution in [0.4, 0.5) is 11.4 Å². The molecule has 0 saturated carbocycles. The van der Waals surface area contributed by atoms with Gasteiger partial charge in [0.1, 0.15) is 0 Å². The molecule has 3 aromatic carbocycles. The number of para-hydroxylation sites is 2. The summed E-state index contributed by atoms with van der Waals surface area (Å²) < 4.78 is 9.88. The van der Waals surface area contributed by atoms with Gasteiger partial charge in [0.25, 0.3) is 5.91 Å². The molecule has 0 bridgehead atoms. The van der Waals surface area contributed by atoms with Crippen LogP contribution in [0.15, 0.2) is 88.9 Å². The van der Waals surface area contributed by atoms with Crippen LogP contribution in [0.5, 0.6) is 11.5 Å². The molecule has 3 aliphatic heterocycles. The van der Waals surface area contributed by atoms with Gasteiger partial charge in [0.05, 0.1) is 10.6 Å². The average molecular weight is 502 g/mol. The van der Waals surface area contributed by atoms with Crippen LogP contribution in [0, 0.1) is 0 Å². The summed E-state index contributed by atoms with van der Waals surface area (Å²) in [5.74, 6) is 1.00. The van der Waals surface area contributed by atoms with Gasteiger partial charge in [-0.3, -0.25) is 14.5 Å². The number of anilines is 2. The third-order valence-electron chi connectivity index (χ3n) is 5.64. The highest BCUT2D eigenvalue weighted by Gasteiger charge is 2.59. The molecule has 7 nitrogen and oxygen atoms in total. The number of ether oxygens (including phenoxy) is 2. The van der Waals surface area contributed by atoms with Crippen LogP contribution in [0.1, 0.15) is 12.5 Å². The van der Waals surface area contributed by atoms with E-state index in [-0.39, 0.29) is 18.5 Å². The number of carbonyl (C=O) groups is 2. The van der Waals surface area contributed by atoms with Crippen molar-refractivity contribution in [3.63, 3.8) is 0 Å². The average Bonchev–Trinajstić information content (AvgIpc) is 3.56. The molecule has 1 amide bonds. The normalized spacial score (nSPS) is 21.8. The van der Waals surface area contributed by atoms with E-state index >= 15 is 0 Å². The second-order valence-corrected chi connectivity index (χ2v) is 10.6. The van der Waals surface area contributed by atoms with E-state index in [0.29, 0.717) is 27.1 Å². The van der Waals surface area contributed by atoms with Crippen LogP contribution in [-0.4, -0.2) is 27.9 Å². The highest BCUT2D eigenvalue weighted by atomic mass is 32.2. The second kappa shape index (κ2) is 8.51. The first kappa shape index (κ1) is 21.8. The van der Waals surface area contributed by atoms with Gasteiger partial charge >= 0.3 is 0 Å². The van der Waals surface area contributed by atoms with Crippen LogP contribution in [0.2, 0.25) is 0 Å². The summed E-state index contributed by atoms with van der Waals surface area (Å²) in [6, 6.07) is 24.6. The van der Waals surface area contributed by atoms with Gasteiger partial charge in [0.2, 0.25) is 11.1 Å². The molecule has 3 heterocycles. The van der Waals surface area contributed by atoms with Gasteiger partial charge in [0.15, 0.2) is 22.3 Å². The van der Waals surface area contributed by atoms with Crippen molar-refractivity contribution in [3.05, 3.63) is 89.3 Å². The second-order valence-electron chi connectivity index (χ2n) is 7.96.